The van der Waals surface area contributed by atoms with Gasteiger partial charge < -0.3 is 15.5 Å². The average Bonchev–Trinajstić information content (AvgIpc) is 2.47. The number of morpholine rings is 1. The summed E-state index contributed by atoms with van der Waals surface area (Å²) in [5, 5.41) is 15.4. The fourth-order valence-electron chi connectivity index (χ4n) is 1.92. The van der Waals surface area contributed by atoms with E-state index in [9.17, 15) is 14.9 Å². The molecule has 0 aliphatic carbocycles. The Morgan fingerprint density at radius 1 is 1.40 bits per heavy atom. The summed E-state index contributed by atoms with van der Waals surface area (Å²) in [5.41, 5.74) is 3.59. The number of rotatable bonds is 4. The lowest BCUT2D eigenvalue weighted by Crippen LogP contribution is -2.40. The first kappa shape index (κ1) is 14.2. The Morgan fingerprint density at radius 2 is 2.10 bits per heavy atom. The molecule has 0 bridgehead atoms. The van der Waals surface area contributed by atoms with Crippen molar-refractivity contribution in [1.82, 2.24) is 10.3 Å². The van der Waals surface area contributed by atoms with E-state index in [0.717, 1.165) is 0 Å². The highest BCUT2D eigenvalue weighted by molar-refractivity contribution is 5.95. The van der Waals surface area contributed by atoms with Gasteiger partial charge in [0.1, 0.15) is 5.69 Å². The molecule has 1 aliphatic heterocycles. The monoisotopic (exact) mass is 280 g/mol. The van der Waals surface area contributed by atoms with E-state index in [1.54, 1.807) is 0 Å². The van der Waals surface area contributed by atoms with Gasteiger partial charge in [-0.1, -0.05) is 0 Å². The summed E-state index contributed by atoms with van der Waals surface area (Å²) in [5.74, 6) is -0.287. The van der Waals surface area contributed by atoms with Crippen LogP contribution >= 0.6 is 0 Å². The van der Waals surface area contributed by atoms with Gasteiger partial charge in [0.15, 0.2) is 0 Å². The Bertz CT molecular complexity index is 514. The third-order valence-corrected chi connectivity index (χ3v) is 2.97. The minimum atomic E-state index is -0.476. The second-order valence-corrected chi connectivity index (χ2v) is 4.28. The molecule has 1 heterocycles. The number of carbonyl (C=O) groups is 1. The van der Waals surface area contributed by atoms with E-state index in [4.69, 9.17) is 4.74 Å². The fourth-order valence-corrected chi connectivity index (χ4v) is 1.92. The van der Waals surface area contributed by atoms with Crippen LogP contribution in [0.1, 0.15) is 10.4 Å². The first-order valence-corrected chi connectivity index (χ1v) is 6.21. The van der Waals surface area contributed by atoms with Crippen LogP contribution in [0.2, 0.25) is 0 Å². The van der Waals surface area contributed by atoms with Gasteiger partial charge in [-0.3, -0.25) is 14.9 Å². The predicted molar refractivity (Wildman–Crippen MR) is 72.5 cm³/mol. The molecule has 0 radical (unpaired) electrons. The van der Waals surface area contributed by atoms with Crippen molar-refractivity contribution in [3.8, 4) is 0 Å². The molecule has 1 aliphatic rings. The summed E-state index contributed by atoms with van der Waals surface area (Å²) in [6.07, 6.45) is 0. The Labute approximate surface area is 115 Å². The number of benzene rings is 1. The summed E-state index contributed by atoms with van der Waals surface area (Å²) in [4.78, 5) is 22.2. The van der Waals surface area contributed by atoms with Crippen molar-refractivity contribution in [3.05, 3.63) is 33.9 Å². The molecule has 1 amide bonds. The second kappa shape index (κ2) is 6.31. The molecule has 0 spiro atoms. The molecule has 8 nitrogen and oxygen atoms in total. The number of anilines is 1. The van der Waals surface area contributed by atoms with Crippen LogP contribution in [-0.2, 0) is 4.74 Å². The third kappa shape index (κ3) is 3.22. The molecule has 2 rings (SSSR count). The number of hydrazine groups is 1. The second-order valence-electron chi connectivity index (χ2n) is 4.28. The van der Waals surface area contributed by atoms with Crippen molar-refractivity contribution >= 4 is 17.3 Å². The minimum absolute atomic E-state index is 0.0656. The van der Waals surface area contributed by atoms with E-state index in [1.807, 2.05) is 5.01 Å². The summed E-state index contributed by atoms with van der Waals surface area (Å²) in [7, 11) is 1.51. The molecule has 2 N–H and O–H groups in total. The maximum Gasteiger partial charge on any atom is 0.293 e. The summed E-state index contributed by atoms with van der Waals surface area (Å²) >= 11 is 0. The van der Waals surface area contributed by atoms with E-state index in [0.29, 0.717) is 37.6 Å². The SMILES string of the molecule is CNC(=O)c1ccc([N+](=O)[O-])c(NN2CCOCC2)c1. The first-order valence-electron chi connectivity index (χ1n) is 6.21. The zero-order valence-electron chi connectivity index (χ0n) is 11.1. The molecule has 1 aromatic carbocycles. The van der Waals surface area contributed by atoms with Crippen LogP contribution in [0.4, 0.5) is 11.4 Å². The van der Waals surface area contributed by atoms with Crippen molar-refractivity contribution in [2.24, 2.45) is 0 Å². The Kier molecular flexibility index (Phi) is 4.49. The number of ether oxygens (including phenoxy) is 1. The predicted octanol–water partition coefficient (Wildman–Crippen LogP) is 0.613. The molecule has 1 fully saturated rings. The molecule has 0 saturated carbocycles. The number of carbonyl (C=O) groups excluding carboxylic acids is 1. The highest BCUT2D eigenvalue weighted by Crippen LogP contribution is 2.26. The van der Waals surface area contributed by atoms with Crippen molar-refractivity contribution in [2.45, 2.75) is 0 Å². The Hall–Kier alpha value is -2.19. The number of nitrogens with one attached hydrogen (secondary N) is 2. The largest absolute Gasteiger partial charge is 0.379 e. The van der Waals surface area contributed by atoms with Gasteiger partial charge in [0.05, 0.1) is 18.1 Å². The first-order chi connectivity index (χ1) is 9.61. The van der Waals surface area contributed by atoms with Crippen LogP contribution in [0.3, 0.4) is 0 Å². The van der Waals surface area contributed by atoms with E-state index < -0.39 is 4.92 Å². The van der Waals surface area contributed by atoms with Gasteiger partial charge in [0, 0.05) is 31.8 Å². The molecule has 0 atom stereocenters. The molecule has 108 valence electrons. The van der Waals surface area contributed by atoms with Gasteiger partial charge in [0.25, 0.3) is 11.6 Å². The summed E-state index contributed by atoms with van der Waals surface area (Å²) in [6.45, 7) is 2.38. The minimum Gasteiger partial charge on any atom is -0.379 e. The molecule has 1 saturated heterocycles. The maximum absolute atomic E-state index is 11.6. The molecule has 0 unspecified atom stereocenters. The lowest BCUT2D eigenvalue weighted by molar-refractivity contribution is -0.384. The van der Waals surface area contributed by atoms with E-state index in [2.05, 4.69) is 10.7 Å². The maximum atomic E-state index is 11.6. The van der Waals surface area contributed by atoms with Crippen LogP contribution in [-0.4, -0.2) is 49.2 Å². The smallest absolute Gasteiger partial charge is 0.293 e. The normalized spacial score (nSPS) is 15.7. The van der Waals surface area contributed by atoms with Crippen molar-refractivity contribution in [1.29, 1.82) is 0 Å². The summed E-state index contributed by atoms with van der Waals surface area (Å²) < 4.78 is 5.21. The van der Waals surface area contributed by atoms with Gasteiger partial charge in [-0.2, -0.15) is 0 Å². The highest BCUT2D eigenvalue weighted by Gasteiger charge is 2.19. The summed E-state index contributed by atoms with van der Waals surface area (Å²) in [6, 6.07) is 4.24. The molecule has 0 aromatic heterocycles. The number of amides is 1. The van der Waals surface area contributed by atoms with Crippen LogP contribution in [0, 0.1) is 10.1 Å². The molecular formula is C12H16N4O4. The number of nitro benzene ring substituents is 1. The van der Waals surface area contributed by atoms with E-state index in [1.165, 1.54) is 25.2 Å². The van der Waals surface area contributed by atoms with Crippen LogP contribution in [0.5, 0.6) is 0 Å². The molecule has 1 aromatic rings. The molecule has 20 heavy (non-hydrogen) atoms. The lowest BCUT2D eigenvalue weighted by atomic mass is 10.1. The van der Waals surface area contributed by atoms with Gasteiger partial charge in [-0.25, -0.2) is 5.01 Å². The van der Waals surface area contributed by atoms with E-state index in [-0.39, 0.29) is 11.6 Å². The van der Waals surface area contributed by atoms with Crippen molar-refractivity contribution < 1.29 is 14.5 Å². The van der Waals surface area contributed by atoms with Crippen LogP contribution in [0.15, 0.2) is 18.2 Å². The van der Waals surface area contributed by atoms with Crippen molar-refractivity contribution in [2.75, 3.05) is 38.8 Å². The topological polar surface area (TPSA) is 96.7 Å². The van der Waals surface area contributed by atoms with E-state index >= 15 is 0 Å². The standard InChI is InChI=1S/C12H16N4O4/c1-13-12(17)9-2-3-11(16(18)19)10(8-9)14-15-4-6-20-7-5-15/h2-3,8,14H,4-7H2,1H3,(H,13,17). The van der Waals surface area contributed by atoms with Gasteiger partial charge in [-0.05, 0) is 12.1 Å². The molecular weight excluding hydrogens is 264 g/mol. The van der Waals surface area contributed by atoms with Gasteiger partial charge in [0.2, 0.25) is 0 Å². The van der Waals surface area contributed by atoms with Crippen LogP contribution < -0.4 is 10.7 Å². The Balaban J connectivity index is 2.26. The fraction of sp³-hybridized carbons (Fsp3) is 0.417. The van der Waals surface area contributed by atoms with Gasteiger partial charge in [-0.15, -0.1) is 0 Å². The van der Waals surface area contributed by atoms with Crippen LogP contribution in [0.25, 0.3) is 0 Å². The Morgan fingerprint density at radius 3 is 2.70 bits per heavy atom. The zero-order valence-corrected chi connectivity index (χ0v) is 11.1. The lowest BCUT2D eigenvalue weighted by Gasteiger charge is -2.27. The van der Waals surface area contributed by atoms with Crippen molar-refractivity contribution in [3.63, 3.8) is 0 Å². The van der Waals surface area contributed by atoms with Gasteiger partial charge >= 0.3 is 0 Å². The number of nitro groups is 1. The average molecular weight is 280 g/mol. The third-order valence-electron chi connectivity index (χ3n) is 2.97. The zero-order chi connectivity index (χ0) is 14.5. The number of hydrogen-bond acceptors (Lipinski definition) is 6. The highest BCUT2D eigenvalue weighted by atomic mass is 16.6. The number of hydrogen-bond donors (Lipinski definition) is 2. The molecule has 8 heteroatoms. The number of nitrogens with zero attached hydrogens (tertiary/aromatic N) is 2. The quantitative estimate of drug-likeness (QED) is 0.619.